The highest BCUT2D eigenvalue weighted by atomic mass is 35.5. The van der Waals surface area contributed by atoms with Crippen LogP contribution in [-0.4, -0.2) is 15.4 Å². The molecule has 0 unspecified atom stereocenters. The zero-order valence-electron chi connectivity index (χ0n) is 10.8. The van der Waals surface area contributed by atoms with Crippen molar-refractivity contribution in [3.63, 3.8) is 0 Å². The second-order valence-corrected chi connectivity index (χ2v) is 4.89. The van der Waals surface area contributed by atoms with Crippen LogP contribution in [0.4, 0.5) is 13.2 Å². The van der Waals surface area contributed by atoms with Crippen LogP contribution in [-0.2, 0) is 6.42 Å². The molecule has 0 saturated carbocycles. The van der Waals surface area contributed by atoms with E-state index in [1.54, 1.807) is 0 Å². The molecule has 3 aromatic rings. The van der Waals surface area contributed by atoms with Crippen LogP contribution in [0.5, 0.6) is 0 Å². The van der Waals surface area contributed by atoms with Crippen LogP contribution >= 0.6 is 11.6 Å². The van der Waals surface area contributed by atoms with Crippen LogP contribution in [0.3, 0.4) is 0 Å². The predicted octanol–water partition coefficient (Wildman–Crippen LogP) is 4.22. The van der Waals surface area contributed by atoms with Gasteiger partial charge in [-0.1, -0.05) is 6.07 Å². The molecule has 0 atom stereocenters. The number of alkyl halides is 1. The van der Waals surface area contributed by atoms with Crippen molar-refractivity contribution in [1.82, 2.24) is 9.55 Å². The summed E-state index contributed by atoms with van der Waals surface area (Å²) in [6, 6.07) is 7.85. The lowest BCUT2D eigenvalue weighted by Crippen LogP contribution is -2.05. The SMILES string of the molecule is Fc1ccc2nc(CCCl)n(-c3cccc(F)c3F)c2c1. The van der Waals surface area contributed by atoms with Gasteiger partial charge in [-0.2, -0.15) is 0 Å². The topological polar surface area (TPSA) is 17.8 Å². The molecule has 0 amide bonds. The first-order valence-corrected chi connectivity index (χ1v) is 6.82. The third kappa shape index (κ3) is 2.38. The lowest BCUT2D eigenvalue weighted by molar-refractivity contribution is 0.504. The Morgan fingerprint density at radius 2 is 1.90 bits per heavy atom. The van der Waals surface area contributed by atoms with Crippen LogP contribution in [0.1, 0.15) is 5.82 Å². The van der Waals surface area contributed by atoms with Crippen molar-refractivity contribution in [2.75, 3.05) is 5.88 Å². The van der Waals surface area contributed by atoms with Gasteiger partial charge in [-0.3, -0.25) is 4.57 Å². The highest BCUT2D eigenvalue weighted by molar-refractivity contribution is 6.17. The molecule has 0 aliphatic carbocycles. The number of aromatic nitrogens is 2. The summed E-state index contributed by atoms with van der Waals surface area (Å²) in [6.07, 6.45) is 0.355. The quantitative estimate of drug-likeness (QED) is 0.662. The summed E-state index contributed by atoms with van der Waals surface area (Å²) in [5, 5.41) is 0. The van der Waals surface area contributed by atoms with Crippen molar-refractivity contribution < 1.29 is 13.2 Å². The minimum Gasteiger partial charge on any atom is -0.293 e. The van der Waals surface area contributed by atoms with Gasteiger partial charge in [0.1, 0.15) is 11.6 Å². The van der Waals surface area contributed by atoms with E-state index in [1.165, 1.54) is 34.9 Å². The molecule has 1 heterocycles. The molecule has 0 radical (unpaired) electrons. The van der Waals surface area contributed by atoms with E-state index in [2.05, 4.69) is 4.98 Å². The molecule has 2 aromatic carbocycles. The number of halogens is 4. The molecule has 2 nitrogen and oxygen atoms in total. The average molecular weight is 311 g/mol. The highest BCUT2D eigenvalue weighted by Gasteiger charge is 2.17. The number of hydrogen-bond acceptors (Lipinski definition) is 1. The maximum absolute atomic E-state index is 14.1. The van der Waals surface area contributed by atoms with Crippen molar-refractivity contribution in [3.8, 4) is 5.69 Å². The third-order valence-electron chi connectivity index (χ3n) is 3.18. The molecule has 6 heteroatoms. The standard InChI is InChI=1S/C15H10ClF3N2/c16-7-6-14-20-11-5-4-9(17)8-13(11)21(14)12-3-1-2-10(18)15(12)19/h1-5,8H,6-7H2. The molecule has 0 spiro atoms. The number of hydrogen-bond donors (Lipinski definition) is 0. The number of nitrogens with zero attached hydrogens (tertiary/aromatic N) is 2. The van der Waals surface area contributed by atoms with Crippen molar-refractivity contribution in [3.05, 3.63) is 59.7 Å². The van der Waals surface area contributed by atoms with Crippen LogP contribution in [0.2, 0.25) is 0 Å². The first-order valence-electron chi connectivity index (χ1n) is 6.29. The summed E-state index contributed by atoms with van der Waals surface area (Å²) >= 11 is 5.73. The van der Waals surface area contributed by atoms with E-state index in [0.29, 0.717) is 23.3 Å². The average Bonchev–Trinajstić information content (AvgIpc) is 2.80. The molecule has 108 valence electrons. The summed E-state index contributed by atoms with van der Waals surface area (Å²) in [4.78, 5) is 4.31. The molecule has 0 bridgehead atoms. The Balaban J connectivity index is 2.35. The molecular formula is C15H10ClF3N2. The number of aryl methyl sites for hydroxylation is 1. The molecule has 0 aliphatic heterocycles. The normalized spacial score (nSPS) is 11.2. The number of imidazole rings is 1. The van der Waals surface area contributed by atoms with E-state index < -0.39 is 17.5 Å². The van der Waals surface area contributed by atoms with E-state index in [0.717, 1.165) is 6.07 Å². The lowest BCUT2D eigenvalue weighted by Gasteiger charge is -2.10. The Morgan fingerprint density at radius 3 is 2.67 bits per heavy atom. The number of rotatable bonds is 3. The smallest absolute Gasteiger partial charge is 0.182 e. The zero-order chi connectivity index (χ0) is 15.0. The van der Waals surface area contributed by atoms with Crippen LogP contribution < -0.4 is 0 Å². The molecular weight excluding hydrogens is 301 g/mol. The van der Waals surface area contributed by atoms with Crippen LogP contribution in [0.25, 0.3) is 16.7 Å². The van der Waals surface area contributed by atoms with E-state index >= 15 is 0 Å². The summed E-state index contributed by atoms with van der Waals surface area (Å²) < 4.78 is 42.4. The second-order valence-electron chi connectivity index (χ2n) is 4.51. The van der Waals surface area contributed by atoms with Gasteiger partial charge in [0.15, 0.2) is 11.6 Å². The Kier molecular flexibility index (Phi) is 3.59. The van der Waals surface area contributed by atoms with Crippen LogP contribution in [0.15, 0.2) is 36.4 Å². The first-order chi connectivity index (χ1) is 10.1. The number of benzene rings is 2. The summed E-state index contributed by atoms with van der Waals surface area (Å²) in [5.41, 5.74) is 0.864. The van der Waals surface area contributed by atoms with Gasteiger partial charge in [-0.15, -0.1) is 11.6 Å². The third-order valence-corrected chi connectivity index (χ3v) is 3.37. The van der Waals surface area contributed by atoms with E-state index in [1.807, 2.05) is 0 Å². The van der Waals surface area contributed by atoms with Gasteiger partial charge >= 0.3 is 0 Å². The Hall–Kier alpha value is -2.01. The molecule has 21 heavy (non-hydrogen) atoms. The summed E-state index contributed by atoms with van der Waals surface area (Å²) in [7, 11) is 0. The van der Waals surface area contributed by atoms with Gasteiger partial charge in [0, 0.05) is 18.4 Å². The van der Waals surface area contributed by atoms with E-state index in [4.69, 9.17) is 11.6 Å². The molecule has 0 saturated heterocycles. The predicted molar refractivity (Wildman–Crippen MR) is 75.4 cm³/mol. The van der Waals surface area contributed by atoms with Gasteiger partial charge in [-0.25, -0.2) is 18.2 Å². The second kappa shape index (κ2) is 5.41. The Morgan fingerprint density at radius 1 is 1.10 bits per heavy atom. The van der Waals surface area contributed by atoms with Crippen molar-refractivity contribution >= 4 is 22.6 Å². The first kappa shape index (κ1) is 13.9. The van der Waals surface area contributed by atoms with Crippen molar-refractivity contribution in [1.29, 1.82) is 0 Å². The largest absolute Gasteiger partial charge is 0.293 e. The Bertz CT molecular complexity index is 814. The fraction of sp³-hybridized carbons (Fsp3) is 0.133. The van der Waals surface area contributed by atoms with Gasteiger partial charge < -0.3 is 0 Å². The van der Waals surface area contributed by atoms with Crippen LogP contribution in [0, 0.1) is 17.5 Å². The molecule has 0 N–H and O–H groups in total. The Labute approximate surface area is 123 Å². The molecule has 1 aromatic heterocycles. The maximum Gasteiger partial charge on any atom is 0.182 e. The molecule has 0 fully saturated rings. The molecule has 3 rings (SSSR count). The van der Waals surface area contributed by atoms with Crippen molar-refractivity contribution in [2.45, 2.75) is 6.42 Å². The minimum absolute atomic E-state index is 0.0109. The van der Waals surface area contributed by atoms with Gasteiger partial charge in [-0.05, 0) is 24.3 Å². The van der Waals surface area contributed by atoms with E-state index in [-0.39, 0.29) is 11.6 Å². The fourth-order valence-corrected chi connectivity index (χ4v) is 2.45. The van der Waals surface area contributed by atoms with E-state index in [9.17, 15) is 13.2 Å². The fourth-order valence-electron chi connectivity index (χ4n) is 2.28. The number of fused-ring (bicyclic) bond motifs is 1. The minimum atomic E-state index is -1.00. The summed E-state index contributed by atoms with van der Waals surface area (Å²) in [5.74, 6) is -1.73. The highest BCUT2D eigenvalue weighted by Crippen LogP contribution is 2.25. The van der Waals surface area contributed by atoms with Gasteiger partial charge in [0.05, 0.1) is 16.7 Å². The monoisotopic (exact) mass is 310 g/mol. The summed E-state index contributed by atoms with van der Waals surface area (Å²) in [6.45, 7) is 0. The van der Waals surface area contributed by atoms with Crippen molar-refractivity contribution in [2.24, 2.45) is 0 Å². The van der Waals surface area contributed by atoms with Gasteiger partial charge in [0.25, 0.3) is 0 Å². The maximum atomic E-state index is 14.1. The molecule has 0 aliphatic rings. The lowest BCUT2D eigenvalue weighted by atomic mass is 10.2. The van der Waals surface area contributed by atoms with Gasteiger partial charge in [0.2, 0.25) is 0 Å². The zero-order valence-corrected chi connectivity index (χ0v) is 11.5.